The van der Waals surface area contributed by atoms with Crippen molar-refractivity contribution in [2.45, 2.75) is 26.4 Å². The predicted molar refractivity (Wildman–Crippen MR) is 73.8 cm³/mol. The van der Waals surface area contributed by atoms with Crippen molar-refractivity contribution >= 4 is 12.0 Å². The molecule has 0 aliphatic carbocycles. The van der Waals surface area contributed by atoms with Crippen LogP contribution in [0.1, 0.15) is 26.3 Å². The van der Waals surface area contributed by atoms with Gasteiger partial charge < -0.3 is 9.47 Å². The smallest absolute Gasteiger partial charge is 0.349 e. The summed E-state index contributed by atoms with van der Waals surface area (Å²) in [7, 11) is 0. The fourth-order valence-electron chi connectivity index (χ4n) is 1.47. The number of benzene rings is 1. The van der Waals surface area contributed by atoms with Gasteiger partial charge in [-0.2, -0.15) is 0 Å². The van der Waals surface area contributed by atoms with Gasteiger partial charge in [-0.05, 0) is 26.8 Å². The van der Waals surface area contributed by atoms with Crippen LogP contribution in [0.25, 0.3) is 6.08 Å². The first-order valence-corrected chi connectivity index (χ1v) is 6.13. The standard InChI is InChI=1S/C14H17NO5/c1-4-19-13(16)14(2,3)20-12-8-6-5-7-11(12)9-10-15(17)18/h5-10H,4H2,1-3H3/b10-9+. The number of nitrogens with zero attached hydrogens (tertiary/aromatic N) is 1. The maximum absolute atomic E-state index is 11.8. The third-order valence-electron chi connectivity index (χ3n) is 2.43. The molecular formula is C14H17NO5. The minimum Gasteiger partial charge on any atom is -0.476 e. The topological polar surface area (TPSA) is 78.7 Å². The Morgan fingerprint density at radius 3 is 2.65 bits per heavy atom. The molecule has 6 nitrogen and oxygen atoms in total. The van der Waals surface area contributed by atoms with E-state index in [2.05, 4.69) is 0 Å². The van der Waals surface area contributed by atoms with Gasteiger partial charge in [-0.1, -0.05) is 18.2 Å². The summed E-state index contributed by atoms with van der Waals surface area (Å²) in [4.78, 5) is 21.6. The van der Waals surface area contributed by atoms with Crippen molar-refractivity contribution < 1.29 is 19.2 Å². The van der Waals surface area contributed by atoms with Crippen LogP contribution < -0.4 is 4.74 Å². The molecule has 0 N–H and O–H groups in total. The normalized spacial score (nSPS) is 11.3. The van der Waals surface area contributed by atoms with Crippen molar-refractivity contribution in [2.24, 2.45) is 0 Å². The molecular weight excluding hydrogens is 262 g/mol. The highest BCUT2D eigenvalue weighted by molar-refractivity contribution is 5.79. The van der Waals surface area contributed by atoms with Gasteiger partial charge in [-0.3, -0.25) is 10.1 Å². The number of esters is 1. The molecule has 1 aromatic carbocycles. The van der Waals surface area contributed by atoms with E-state index in [9.17, 15) is 14.9 Å². The summed E-state index contributed by atoms with van der Waals surface area (Å²) in [5.74, 6) is -0.114. The number of carbonyl (C=O) groups excluding carboxylic acids is 1. The lowest BCUT2D eigenvalue weighted by molar-refractivity contribution is -0.400. The highest BCUT2D eigenvalue weighted by atomic mass is 16.6. The average Bonchev–Trinajstić information content (AvgIpc) is 2.37. The van der Waals surface area contributed by atoms with E-state index in [0.29, 0.717) is 11.3 Å². The first-order chi connectivity index (χ1) is 9.36. The Balaban J connectivity index is 2.97. The lowest BCUT2D eigenvalue weighted by atomic mass is 10.1. The molecule has 0 aromatic heterocycles. The zero-order valence-electron chi connectivity index (χ0n) is 11.7. The monoisotopic (exact) mass is 279 g/mol. The summed E-state index contributed by atoms with van der Waals surface area (Å²) < 4.78 is 10.6. The van der Waals surface area contributed by atoms with Gasteiger partial charge in [0.15, 0.2) is 5.60 Å². The van der Waals surface area contributed by atoms with Gasteiger partial charge in [0.2, 0.25) is 6.20 Å². The van der Waals surface area contributed by atoms with Crippen molar-refractivity contribution in [3.8, 4) is 5.75 Å². The van der Waals surface area contributed by atoms with Gasteiger partial charge in [0.25, 0.3) is 0 Å². The Kier molecular flexibility index (Phi) is 5.25. The second-order valence-corrected chi connectivity index (χ2v) is 4.47. The minimum absolute atomic E-state index is 0.258. The molecule has 0 fully saturated rings. The Morgan fingerprint density at radius 2 is 2.05 bits per heavy atom. The van der Waals surface area contributed by atoms with E-state index < -0.39 is 16.5 Å². The van der Waals surface area contributed by atoms with Crippen LogP contribution in [0.2, 0.25) is 0 Å². The number of para-hydroxylation sites is 1. The molecule has 0 heterocycles. The third-order valence-corrected chi connectivity index (χ3v) is 2.43. The maximum atomic E-state index is 11.8. The van der Waals surface area contributed by atoms with Gasteiger partial charge in [0.05, 0.1) is 11.5 Å². The fourth-order valence-corrected chi connectivity index (χ4v) is 1.47. The van der Waals surface area contributed by atoms with Gasteiger partial charge in [-0.15, -0.1) is 0 Å². The molecule has 0 bridgehead atoms. The van der Waals surface area contributed by atoms with Crippen LogP contribution in [0.5, 0.6) is 5.75 Å². The van der Waals surface area contributed by atoms with Crippen molar-refractivity contribution in [2.75, 3.05) is 6.61 Å². The summed E-state index contributed by atoms with van der Waals surface area (Å²) in [5.41, 5.74) is -0.657. The SMILES string of the molecule is CCOC(=O)C(C)(C)Oc1ccccc1/C=C/[N+](=O)[O-]. The van der Waals surface area contributed by atoms with E-state index in [4.69, 9.17) is 9.47 Å². The predicted octanol–water partition coefficient (Wildman–Crippen LogP) is 2.65. The van der Waals surface area contributed by atoms with Crippen LogP contribution in [0.4, 0.5) is 0 Å². The highest BCUT2D eigenvalue weighted by Gasteiger charge is 2.32. The Hall–Kier alpha value is -2.37. The molecule has 108 valence electrons. The fraction of sp³-hybridized carbons (Fsp3) is 0.357. The zero-order valence-corrected chi connectivity index (χ0v) is 11.7. The summed E-state index contributed by atoms with van der Waals surface area (Å²) in [6.07, 6.45) is 2.14. The van der Waals surface area contributed by atoms with Gasteiger partial charge >= 0.3 is 5.97 Å². The minimum atomic E-state index is -1.17. The molecule has 0 saturated carbocycles. The first-order valence-electron chi connectivity index (χ1n) is 6.13. The maximum Gasteiger partial charge on any atom is 0.349 e. The average molecular weight is 279 g/mol. The second kappa shape index (κ2) is 6.70. The summed E-state index contributed by atoms with van der Waals surface area (Å²) >= 11 is 0. The second-order valence-electron chi connectivity index (χ2n) is 4.47. The lowest BCUT2D eigenvalue weighted by Crippen LogP contribution is -2.39. The molecule has 0 unspecified atom stereocenters. The van der Waals surface area contributed by atoms with Crippen LogP contribution in [-0.2, 0) is 9.53 Å². The van der Waals surface area contributed by atoms with Gasteiger partial charge in [0.1, 0.15) is 5.75 Å². The summed E-state index contributed by atoms with van der Waals surface area (Å²) in [6, 6.07) is 6.75. The van der Waals surface area contributed by atoms with Gasteiger partial charge in [0, 0.05) is 11.6 Å². The van der Waals surface area contributed by atoms with Crippen molar-refractivity contribution in [3.05, 3.63) is 46.1 Å². The number of hydrogen-bond donors (Lipinski definition) is 0. The van der Waals surface area contributed by atoms with E-state index in [1.807, 2.05) is 0 Å². The molecule has 0 aliphatic rings. The molecule has 20 heavy (non-hydrogen) atoms. The largest absolute Gasteiger partial charge is 0.476 e. The quantitative estimate of drug-likeness (QED) is 0.454. The number of carbonyl (C=O) groups is 1. The molecule has 0 amide bonds. The van der Waals surface area contributed by atoms with Crippen LogP contribution in [-0.4, -0.2) is 23.1 Å². The van der Waals surface area contributed by atoms with E-state index in [0.717, 1.165) is 6.20 Å². The van der Waals surface area contributed by atoms with E-state index in [1.165, 1.54) is 6.08 Å². The molecule has 0 spiro atoms. The number of ether oxygens (including phenoxy) is 2. The van der Waals surface area contributed by atoms with Crippen molar-refractivity contribution in [3.63, 3.8) is 0 Å². The van der Waals surface area contributed by atoms with Crippen LogP contribution in [0.3, 0.4) is 0 Å². The van der Waals surface area contributed by atoms with E-state index >= 15 is 0 Å². The molecule has 0 radical (unpaired) electrons. The molecule has 0 aliphatic heterocycles. The number of hydrogen-bond acceptors (Lipinski definition) is 5. The Bertz CT molecular complexity index is 522. The lowest BCUT2D eigenvalue weighted by Gasteiger charge is -2.24. The third kappa shape index (κ3) is 4.38. The van der Waals surface area contributed by atoms with Gasteiger partial charge in [-0.25, -0.2) is 4.79 Å². The highest BCUT2D eigenvalue weighted by Crippen LogP contribution is 2.25. The Morgan fingerprint density at radius 1 is 1.40 bits per heavy atom. The first kappa shape index (κ1) is 15.7. The van der Waals surface area contributed by atoms with E-state index in [1.54, 1.807) is 45.0 Å². The molecule has 0 atom stereocenters. The summed E-state index contributed by atoms with van der Waals surface area (Å²) in [6.45, 7) is 5.13. The molecule has 1 rings (SSSR count). The number of rotatable bonds is 6. The van der Waals surface area contributed by atoms with E-state index in [-0.39, 0.29) is 6.61 Å². The van der Waals surface area contributed by atoms with Crippen molar-refractivity contribution in [1.82, 2.24) is 0 Å². The molecule has 1 aromatic rings. The molecule has 0 saturated heterocycles. The Labute approximate surface area is 117 Å². The van der Waals surface area contributed by atoms with Crippen molar-refractivity contribution in [1.29, 1.82) is 0 Å². The zero-order chi connectivity index (χ0) is 15.2. The van der Waals surface area contributed by atoms with Crippen LogP contribution >= 0.6 is 0 Å². The number of nitro groups is 1. The van der Waals surface area contributed by atoms with Crippen LogP contribution in [0, 0.1) is 10.1 Å². The molecule has 6 heteroatoms. The van der Waals surface area contributed by atoms with Crippen LogP contribution in [0.15, 0.2) is 30.5 Å². The summed E-state index contributed by atoms with van der Waals surface area (Å²) in [5, 5.41) is 10.4.